The van der Waals surface area contributed by atoms with Crippen LogP contribution in [0.3, 0.4) is 0 Å². The minimum atomic E-state index is -0.788. The first-order valence-electron chi connectivity index (χ1n) is 6.23. The van der Waals surface area contributed by atoms with E-state index in [0.717, 1.165) is 31.9 Å². The van der Waals surface area contributed by atoms with Gasteiger partial charge >= 0.3 is 0 Å². The van der Waals surface area contributed by atoms with E-state index in [-0.39, 0.29) is 18.3 Å². The van der Waals surface area contributed by atoms with Crippen molar-refractivity contribution in [1.29, 1.82) is 0 Å². The van der Waals surface area contributed by atoms with E-state index in [1.54, 1.807) is 0 Å². The van der Waals surface area contributed by atoms with Gasteiger partial charge in [-0.2, -0.15) is 4.98 Å². The number of rotatable bonds is 3. The Labute approximate surface area is 106 Å². The number of nitrogens with zero attached hydrogens (tertiary/aromatic N) is 2. The minimum Gasteiger partial charge on any atom is -0.388 e. The van der Waals surface area contributed by atoms with Crippen LogP contribution in [-0.4, -0.2) is 27.2 Å². The SMILES string of the molecule is CC1CCCC(O)(CNc2nc(N)ncc2F)C1. The molecule has 0 bridgehead atoms. The lowest BCUT2D eigenvalue weighted by atomic mass is 9.79. The van der Waals surface area contributed by atoms with Gasteiger partial charge in [0.15, 0.2) is 11.6 Å². The molecule has 1 aliphatic carbocycles. The number of aromatic nitrogens is 2. The van der Waals surface area contributed by atoms with Gasteiger partial charge in [0.2, 0.25) is 5.95 Å². The first-order valence-corrected chi connectivity index (χ1v) is 6.23. The number of hydrogen-bond acceptors (Lipinski definition) is 5. The molecule has 1 aromatic heterocycles. The van der Waals surface area contributed by atoms with E-state index >= 15 is 0 Å². The molecule has 0 aromatic carbocycles. The van der Waals surface area contributed by atoms with Crippen LogP contribution in [0, 0.1) is 11.7 Å². The minimum absolute atomic E-state index is 0.0166. The molecule has 6 heteroatoms. The maximum atomic E-state index is 13.4. The van der Waals surface area contributed by atoms with Gasteiger partial charge in [-0.3, -0.25) is 0 Å². The Morgan fingerprint density at radius 2 is 2.44 bits per heavy atom. The van der Waals surface area contributed by atoms with Crippen molar-refractivity contribution in [3.8, 4) is 0 Å². The molecule has 1 heterocycles. The molecule has 100 valence electrons. The molecule has 0 spiro atoms. The standard InChI is InChI=1S/C12H19FN4O/c1-8-3-2-4-12(18,5-8)7-16-10-9(13)6-15-11(14)17-10/h6,8,18H,2-5,7H2,1H3,(H3,14,15,16,17). The summed E-state index contributed by atoms with van der Waals surface area (Å²) in [5.41, 5.74) is 4.61. The molecule has 2 atom stereocenters. The number of aliphatic hydroxyl groups is 1. The van der Waals surface area contributed by atoms with E-state index < -0.39 is 11.4 Å². The van der Waals surface area contributed by atoms with Gasteiger partial charge in [-0.05, 0) is 18.8 Å². The van der Waals surface area contributed by atoms with Crippen molar-refractivity contribution in [1.82, 2.24) is 9.97 Å². The monoisotopic (exact) mass is 254 g/mol. The Kier molecular flexibility index (Phi) is 3.65. The van der Waals surface area contributed by atoms with Crippen LogP contribution in [0.4, 0.5) is 16.2 Å². The topological polar surface area (TPSA) is 84.1 Å². The van der Waals surface area contributed by atoms with Gasteiger partial charge in [-0.1, -0.05) is 19.8 Å². The van der Waals surface area contributed by atoms with Crippen molar-refractivity contribution in [2.24, 2.45) is 5.92 Å². The number of nitrogens with two attached hydrogens (primary N) is 1. The highest BCUT2D eigenvalue weighted by Gasteiger charge is 2.32. The van der Waals surface area contributed by atoms with Crippen LogP contribution in [0.15, 0.2) is 6.20 Å². The van der Waals surface area contributed by atoms with Gasteiger partial charge in [0.05, 0.1) is 11.8 Å². The van der Waals surface area contributed by atoms with E-state index in [9.17, 15) is 9.50 Å². The summed E-state index contributed by atoms with van der Waals surface area (Å²) in [7, 11) is 0. The molecule has 4 N–H and O–H groups in total. The van der Waals surface area contributed by atoms with Gasteiger partial charge in [-0.15, -0.1) is 0 Å². The average Bonchev–Trinajstić information content (AvgIpc) is 2.30. The van der Waals surface area contributed by atoms with Crippen molar-refractivity contribution < 1.29 is 9.50 Å². The predicted octanol–water partition coefficient (Wildman–Crippen LogP) is 1.55. The van der Waals surface area contributed by atoms with Crippen LogP contribution in [0.1, 0.15) is 32.6 Å². The zero-order chi connectivity index (χ0) is 13.2. The zero-order valence-corrected chi connectivity index (χ0v) is 10.5. The second-order valence-electron chi connectivity index (χ2n) is 5.20. The third kappa shape index (κ3) is 3.07. The zero-order valence-electron chi connectivity index (χ0n) is 10.5. The van der Waals surface area contributed by atoms with Crippen molar-refractivity contribution in [3.63, 3.8) is 0 Å². The maximum absolute atomic E-state index is 13.4. The molecule has 1 saturated carbocycles. The largest absolute Gasteiger partial charge is 0.388 e. The Hall–Kier alpha value is -1.43. The number of anilines is 2. The molecule has 5 nitrogen and oxygen atoms in total. The van der Waals surface area contributed by atoms with Crippen molar-refractivity contribution in [3.05, 3.63) is 12.0 Å². The molecule has 0 radical (unpaired) electrons. The molecule has 0 saturated heterocycles. The van der Waals surface area contributed by atoms with Crippen LogP contribution in [0.2, 0.25) is 0 Å². The lowest BCUT2D eigenvalue weighted by molar-refractivity contribution is -0.000873. The summed E-state index contributed by atoms with van der Waals surface area (Å²) in [5, 5.41) is 13.2. The third-order valence-corrected chi connectivity index (χ3v) is 3.42. The number of nitrogens with one attached hydrogen (secondary N) is 1. The molecule has 1 aromatic rings. The third-order valence-electron chi connectivity index (χ3n) is 3.42. The maximum Gasteiger partial charge on any atom is 0.222 e. The molecule has 2 unspecified atom stereocenters. The van der Waals surface area contributed by atoms with Crippen LogP contribution in [0.25, 0.3) is 0 Å². The Bertz CT molecular complexity index is 429. The van der Waals surface area contributed by atoms with Crippen molar-refractivity contribution in [2.75, 3.05) is 17.6 Å². The quantitative estimate of drug-likeness (QED) is 0.762. The fourth-order valence-electron chi connectivity index (χ4n) is 2.55. The normalized spacial score (nSPS) is 28.1. The fourth-order valence-corrected chi connectivity index (χ4v) is 2.55. The van der Waals surface area contributed by atoms with Crippen LogP contribution in [0.5, 0.6) is 0 Å². The van der Waals surface area contributed by atoms with E-state index in [1.807, 2.05) is 0 Å². The van der Waals surface area contributed by atoms with Gasteiger partial charge in [0, 0.05) is 6.54 Å². The van der Waals surface area contributed by atoms with E-state index in [1.165, 1.54) is 0 Å². The molecule has 1 fully saturated rings. The number of halogens is 1. The first-order chi connectivity index (χ1) is 8.48. The highest BCUT2D eigenvalue weighted by atomic mass is 19.1. The Morgan fingerprint density at radius 1 is 1.67 bits per heavy atom. The van der Waals surface area contributed by atoms with Crippen LogP contribution < -0.4 is 11.1 Å². The number of hydrogen-bond donors (Lipinski definition) is 3. The van der Waals surface area contributed by atoms with Crippen molar-refractivity contribution in [2.45, 2.75) is 38.2 Å². The summed E-state index contributed by atoms with van der Waals surface area (Å²) < 4.78 is 13.4. The summed E-state index contributed by atoms with van der Waals surface area (Å²) in [6.45, 7) is 2.40. The lowest BCUT2D eigenvalue weighted by Gasteiger charge is -2.35. The van der Waals surface area contributed by atoms with E-state index in [0.29, 0.717) is 5.92 Å². The Morgan fingerprint density at radius 3 is 3.17 bits per heavy atom. The van der Waals surface area contributed by atoms with Gasteiger partial charge in [-0.25, -0.2) is 9.37 Å². The van der Waals surface area contributed by atoms with Crippen molar-refractivity contribution >= 4 is 11.8 Å². The molecule has 2 rings (SSSR count). The fraction of sp³-hybridized carbons (Fsp3) is 0.667. The molecule has 1 aliphatic rings. The molecular weight excluding hydrogens is 235 g/mol. The summed E-state index contributed by atoms with van der Waals surface area (Å²) in [6.07, 6.45) is 4.61. The summed E-state index contributed by atoms with van der Waals surface area (Å²) in [6, 6.07) is 0. The molecule has 0 amide bonds. The molecule has 0 aliphatic heterocycles. The second-order valence-corrected chi connectivity index (χ2v) is 5.20. The molecular formula is C12H19FN4O. The average molecular weight is 254 g/mol. The second kappa shape index (κ2) is 5.06. The first kappa shape index (κ1) is 13.0. The highest BCUT2D eigenvalue weighted by Crippen LogP contribution is 2.32. The summed E-state index contributed by atoms with van der Waals surface area (Å²) in [4.78, 5) is 7.33. The van der Waals surface area contributed by atoms with E-state index in [2.05, 4.69) is 22.2 Å². The van der Waals surface area contributed by atoms with Crippen LogP contribution in [-0.2, 0) is 0 Å². The van der Waals surface area contributed by atoms with Gasteiger partial charge in [0.25, 0.3) is 0 Å². The smallest absolute Gasteiger partial charge is 0.222 e. The van der Waals surface area contributed by atoms with Gasteiger partial charge < -0.3 is 16.2 Å². The number of nitrogen functional groups attached to an aromatic ring is 1. The van der Waals surface area contributed by atoms with Gasteiger partial charge in [0.1, 0.15) is 0 Å². The highest BCUT2D eigenvalue weighted by molar-refractivity contribution is 5.39. The van der Waals surface area contributed by atoms with Crippen LogP contribution >= 0.6 is 0 Å². The summed E-state index contributed by atoms with van der Waals surface area (Å²) >= 11 is 0. The summed E-state index contributed by atoms with van der Waals surface area (Å²) in [5.74, 6) is -0.000392. The van der Waals surface area contributed by atoms with E-state index in [4.69, 9.17) is 5.73 Å². The lowest BCUT2D eigenvalue weighted by Crippen LogP contribution is -2.41. The molecule has 18 heavy (non-hydrogen) atoms. The predicted molar refractivity (Wildman–Crippen MR) is 67.5 cm³/mol. The Balaban J connectivity index is 2.00.